The van der Waals surface area contributed by atoms with Crippen molar-refractivity contribution in [3.05, 3.63) is 23.4 Å². The van der Waals surface area contributed by atoms with E-state index in [1.165, 1.54) is 11.3 Å². The van der Waals surface area contributed by atoms with Crippen molar-refractivity contribution in [3.8, 4) is 0 Å². The van der Waals surface area contributed by atoms with Gasteiger partial charge in [0, 0.05) is 25.3 Å². The van der Waals surface area contributed by atoms with Crippen molar-refractivity contribution < 1.29 is 0 Å². The van der Waals surface area contributed by atoms with Crippen LogP contribution in [-0.4, -0.2) is 24.6 Å². The van der Waals surface area contributed by atoms with Crippen LogP contribution >= 0.6 is 0 Å². The third-order valence-corrected chi connectivity index (χ3v) is 3.46. The summed E-state index contributed by atoms with van der Waals surface area (Å²) in [5.41, 5.74) is 2.54. The SMILES string of the molecule is CCc1cc(CNCC(C)C)cc(N(CC)CC(C)C)n1. The Balaban J connectivity index is 2.87. The first kappa shape index (κ1) is 18.0. The molecule has 1 N–H and O–H groups in total. The summed E-state index contributed by atoms with van der Waals surface area (Å²) in [5, 5.41) is 3.53. The van der Waals surface area contributed by atoms with E-state index in [0.717, 1.165) is 38.4 Å². The lowest BCUT2D eigenvalue weighted by atomic mass is 10.1. The number of anilines is 1. The highest BCUT2D eigenvalue weighted by molar-refractivity contribution is 5.43. The fourth-order valence-corrected chi connectivity index (χ4v) is 2.41. The van der Waals surface area contributed by atoms with Crippen LogP contribution in [0.5, 0.6) is 0 Å². The van der Waals surface area contributed by atoms with Crippen LogP contribution in [0.4, 0.5) is 5.82 Å². The van der Waals surface area contributed by atoms with Gasteiger partial charge >= 0.3 is 0 Å². The van der Waals surface area contributed by atoms with E-state index in [1.807, 2.05) is 0 Å². The van der Waals surface area contributed by atoms with Gasteiger partial charge in [-0.15, -0.1) is 0 Å². The molecule has 3 nitrogen and oxygen atoms in total. The molecule has 120 valence electrons. The Kier molecular flexibility index (Phi) is 7.73. The van der Waals surface area contributed by atoms with Crippen LogP contribution in [0.25, 0.3) is 0 Å². The first-order chi connectivity index (χ1) is 9.96. The molecule has 0 saturated heterocycles. The van der Waals surface area contributed by atoms with E-state index >= 15 is 0 Å². The molecule has 0 aliphatic carbocycles. The van der Waals surface area contributed by atoms with Gasteiger partial charge in [0.05, 0.1) is 0 Å². The summed E-state index contributed by atoms with van der Waals surface area (Å²) in [6.45, 7) is 17.5. The Bertz CT molecular complexity index is 413. The molecule has 0 saturated carbocycles. The van der Waals surface area contributed by atoms with Gasteiger partial charge in [-0.2, -0.15) is 0 Å². The number of rotatable bonds is 9. The van der Waals surface area contributed by atoms with Crippen molar-refractivity contribution >= 4 is 5.82 Å². The van der Waals surface area contributed by atoms with Gasteiger partial charge in [-0.25, -0.2) is 4.98 Å². The normalized spacial score (nSPS) is 11.4. The highest BCUT2D eigenvalue weighted by Gasteiger charge is 2.10. The third-order valence-electron chi connectivity index (χ3n) is 3.46. The highest BCUT2D eigenvalue weighted by Crippen LogP contribution is 2.17. The third kappa shape index (κ3) is 6.47. The fraction of sp³-hybridized carbons (Fsp3) is 0.722. The zero-order chi connectivity index (χ0) is 15.8. The summed E-state index contributed by atoms with van der Waals surface area (Å²) in [5.74, 6) is 2.47. The van der Waals surface area contributed by atoms with E-state index in [1.54, 1.807) is 0 Å². The lowest BCUT2D eigenvalue weighted by molar-refractivity contribution is 0.551. The maximum atomic E-state index is 4.82. The van der Waals surface area contributed by atoms with Crippen molar-refractivity contribution in [2.45, 2.75) is 54.5 Å². The zero-order valence-corrected chi connectivity index (χ0v) is 14.7. The summed E-state index contributed by atoms with van der Waals surface area (Å²) in [7, 11) is 0. The number of hydrogen-bond acceptors (Lipinski definition) is 3. The van der Waals surface area contributed by atoms with Gasteiger partial charge in [0.2, 0.25) is 0 Å². The topological polar surface area (TPSA) is 28.2 Å². The second kappa shape index (κ2) is 9.04. The van der Waals surface area contributed by atoms with Crippen LogP contribution in [0.15, 0.2) is 12.1 Å². The van der Waals surface area contributed by atoms with Crippen LogP contribution in [-0.2, 0) is 13.0 Å². The summed E-state index contributed by atoms with van der Waals surface area (Å²) in [6.07, 6.45) is 0.990. The monoisotopic (exact) mass is 291 g/mol. The first-order valence-electron chi connectivity index (χ1n) is 8.41. The zero-order valence-electron chi connectivity index (χ0n) is 14.7. The number of nitrogens with zero attached hydrogens (tertiary/aromatic N) is 2. The van der Waals surface area contributed by atoms with Gasteiger partial charge in [-0.1, -0.05) is 34.6 Å². The molecule has 0 bridgehead atoms. The number of hydrogen-bond donors (Lipinski definition) is 1. The Labute approximate surface area is 131 Å². The van der Waals surface area contributed by atoms with Gasteiger partial charge in [-0.05, 0) is 49.4 Å². The van der Waals surface area contributed by atoms with Crippen molar-refractivity contribution in [1.82, 2.24) is 10.3 Å². The molecule has 21 heavy (non-hydrogen) atoms. The second-order valence-corrected chi connectivity index (χ2v) is 6.64. The van der Waals surface area contributed by atoms with Crippen molar-refractivity contribution in [2.24, 2.45) is 11.8 Å². The number of nitrogens with one attached hydrogen (secondary N) is 1. The Morgan fingerprint density at radius 3 is 2.33 bits per heavy atom. The van der Waals surface area contributed by atoms with Crippen molar-refractivity contribution in [2.75, 3.05) is 24.5 Å². The summed E-state index contributed by atoms with van der Waals surface area (Å²) < 4.78 is 0. The molecule has 1 heterocycles. The van der Waals surface area contributed by atoms with Crippen LogP contribution in [0, 0.1) is 11.8 Å². The number of pyridine rings is 1. The quantitative estimate of drug-likeness (QED) is 0.748. The molecule has 0 atom stereocenters. The van der Waals surface area contributed by atoms with E-state index in [9.17, 15) is 0 Å². The molecule has 1 rings (SSSR count). The average Bonchev–Trinajstić information content (AvgIpc) is 2.43. The molecule has 0 aliphatic heterocycles. The van der Waals surface area contributed by atoms with E-state index in [-0.39, 0.29) is 0 Å². The maximum Gasteiger partial charge on any atom is 0.129 e. The van der Waals surface area contributed by atoms with Crippen LogP contribution < -0.4 is 10.2 Å². The smallest absolute Gasteiger partial charge is 0.129 e. The standard InChI is InChI=1S/C18H33N3/c1-7-17-9-16(12-19-11-14(3)4)10-18(20-17)21(8-2)13-15(5)6/h9-10,14-15,19H,7-8,11-13H2,1-6H3. The van der Waals surface area contributed by atoms with Gasteiger partial charge < -0.3 is 10.2 Å². The van der Waals surface area contributed by atoms with Gasteiger partial charge in [0.1, 0.15) is 5.82 Å². The van der Waals surface area contributed by atoms with E-state index in [0.29, 0.717) is 11.8 Å². The molecule has 0 unspecified atom stereocenters. The molecular formula is C18H33N3. The predicted molar refractivity (Wildman–Crippen MR) is 92.9 cm³/mol. The van der Waals surface area contributed by atoms with Gasteiger partial charge in [0.15, 0.2) is 0 Å². The average molecular weight is 291 g/mol. The minimum Gasteiger partial charge on any atom is -0.357 e. The molecule has 0 aliphatic rings. The van der Waals surface area contributed by atoms with E-state index in [4.69, 9.17) is 4.98 Å². The van der Waals surface area contributed by atoms with E-state index < -0.39 is 0 Å². The maximum absolute atomic E-state index is 4.82. The highest BCUT2D eigenvalue weighted by atomic mass is 15.2. The second-order valence-electron chi connectivity index (χ2n) is 6.64. The van der Waals surface area contributed by atoms with Crippen molar-refractivity contribution in [1.29, 1.82) is 0 Å². The molecule has 3 heteroatoms. The lowest BCUT2D eigenvalue weighted by Gasteiger charge is -2.25. The number of aromatic nitrogens is 1. The summed E-state index contributed by atoms with van der Waals surface area (Å²) in [4.78, 5) is 7.20. The van der Waals surface area contributed by atoms with Crippen LogP contribution in [0.2, 0.25) is 0 Å². The Morgan fingerprint density at radius 2 is 1.81 bits per heavy atom. The molecule has 1 aromatic rings. The van der Waals surface area contributed by atoms with Gasteiger partial charge in [0.25, 0.3) is 0 Å². The van der Waals surface area contributed by atoms with Crippen LogP contribution in [0.3, 0.4) is 0 Å². The fourth-order valence-electron chi connectivity index (χ4n) is 2.41. The molecule has 0 fully saturated rings. The molecule has 0 radical (unpaired) electrons. The molecule has 1 aromatic heterocycles. The molecule has 0 amide bonds. The summed E-state index contributed by atoms with van der Waals surface area (Å²) in [6, 6.07) is 4.48. The molecular weight excluding hydrogens is 258 g/mol. The first-order valence-corrected chi connectivity index (χ1v) is 8.41. The largest absolute Gasteiger partial charge is 0.357 e. The van der Waals surface area contributed by atoms with Crippen LogP contribution in [0.1, 0.15) is 52.8 Å². The minimum absolute atomic E-state index is 0.652. The Morgan fingerprint density at radius 1 is 1.10 bits per heavy atom. The van der Waals surface area contributed by atoms with Gasteiger partial charge in [-0.3, -0.25) is 0 Å². The lowest BCUT2D eigenvalue weighted by Crippen LogP contribution is -2.28. The minimum atomic E-state index is 0.652. The Hall–Kier alpha value is -1.09. The number of aryl methyl sites for hydroxylation is 1. The summed E-state index contributed by atoms with van der Waals surface area (Å²) >= 11 is 0. The van der Waals surface area contributed by atoms with E-state index in [2.05, 4.69) is 63.9 Å². The van der Waals surface area contributed by atoms with Crippen molar-refractivity contribution in [3.63, 3.8) is 0 Å². The predicted octanol–water partition coefficient (Wildman–Crippen LogP) is 3.87. The molecule has 0 aromatic carbocycles. The molecule has 0 spiro atoms.